The SMILES string of the molecule is CCOC(=O)[C@@H](Cc1ccncc1)NC(=O)[C@H]1CC=CCC1. The van der Waals surface area contributed by atoms with Gasteiger partial charge >= 0.3 is 5.97 Å². The topological polar surface area (TPSA) is 68.3 Å². The van der Waals surface area contributed by atoms with Gasteiger partial charge in [-0.2, -0.15) is 0 Å². The average Bonchev–Trinajstić information content (AvgIpc) is 2.56. The first-order valence-corrected chi connectivity index (χ1v) is 7.71. The molecule has 0 bridgehead atoms. The lowest BCUT2D eigenvalue weighted by Crippen LogP contribution is -2.46. The molecule has 2 atom stereocenters. The third-order valence-electron chi connectivity index (χ3n) is 3.72. The number of aromatic nitrogens is 1. The van der Waals surface area contributed by atoms with Gasteiger partial charge in [-0.05, 0) is 43.9 Å². The van der Waals surface area contributed by atoms with Gasteiger partial charge in [-0.15, -0.1) is 0 Å². The summed E-state index contributed by atoms with van der Waals surface area (Å²) in [6, 6.07) is 3.02. The van der Waals surface area contributed by atoms with Gasteiger partial charge in [0.25, 0.3) is 0 Å². The Kier molecular flexibility index (Phi) is 6.13. The number of allylic oxidation sites excluding steroid dienone is 2. The van der Waals surface area contributed by atoms with E-state index in [9.17, 15) is 9.59 Å². The Hall–Kier alpha value is -2.17. The molecule has 22 heavy (non-hydrogen) atoms. The maximum absolute atomic E-state index is 12.3. The van der Waals surface area contributed by atoms with Crippen molar-refractivity contribution in [2.75, 3.05) is 6.61 Å². The van der Waals surface area contributed by atoms with E-state index in [1.54, 1.807) is 19.3 Å². The largest absolute Gasteiger partial charge is 0.464 e. The van der Waals surface area contributed by atoms with Crippen molar-refractivity contribution in [1.82, 2.24) is 10.3 Å². The number of esters is 1. The smallest absolute Gasteiger partial charge is 0.328 e. The van der Waals surface area contributed by atoms with Crippen molar-refractivity contribution in [1.29, 1.82) is 0 Å². The van der Waals surface area contributed by atoms with Crippen molar-refractivity contribution in [3.8, 4) is 0 Å². The molecule has 1 aromatic heterocycles. The van der Waals surface area contributed by atoms with Gasteiger partial charge in [-0.3, -0.25) is 9.78 Å². The highest BCUT2D eigenvalue weighted by atomic mass is 16.5. The number of nitrogens with zero attached hydrogens (tertiary/aromatic N) is 1. The Bertz CT molecular complexity index is 528. The highest BCUT2D eigenvalue weighted by Gasteiger charge is 2.26. The predicted octanol–water partition coefficient (Wildman–Crippen LogP) is 2.03. The molecule has 1 heterocycles. The number of carbonyl (C=O) groups is 2. The number of carbonyl (C=O) groups excluding carboxylic acids is 2. The van der Waals surface area contributed by atoms with Gasteiger partial charge in [0.2, 0.25) is 5.91 Å². The van der Waals surface area contributed by atoms with E-state index in [-0.39, 0.29) is 17.8 Å². The molecule has 1 aliphatic rings. The van der Waals surface area contributed by atoms with Crippen LogP contribution in [0.1, 0.15) is 31.7 Å². The van der Waals surface area contributed by atoms with E-state index < -0.39 is 6.04 Å². The van der Waals surface area contributed by atoms with E-state index in [1.807, 2.05) is 18.2 Å². The van der Waals surface area contributed by atoms with Gasteiger partial charge in [0.05, 0.1) is 6.61 Å². The van der Waals surface area contributed by atoms with Gasteiger partial charge in [0, 0.05) is 24.7 Å². The summed E-state index contributed by atoms with van der Waals surface area (Å²) in [6.45, 7) is 2.06. The molecule has 0 aromatic carbocycles. The van der Waals surface area contributed by atoms with E-state index in [1.165, 1.54) is 0 Å². The molecule has 1 amide bonds. The zero-order valence-electron chi connectivity index (χ0n) is 12.8. The van der Waals surface area contributed by atoms with E-state index >= 15 is 0 Å². The van der Waals surface area contributed by atoms with Crippen molar-refractivity contribution < 1.29 is 14.3 Å². The van der Waals surface area contributed by atoms with Gasteiger partial charge in [-0.1, -0.05) is 12.2 Å². The molecular formula is C17H22N2O3. The Labute approximate surface area is 130 Å². The van der Waals surface area contributed by atoms with Gasteiger partial charge in [0.15, 0.2) is 0 Å². The molecule has 5 heteroatoms. The van der Waals surface area contributed by atoms with Crippen LogP contribution in [0.15, 0.2) is 36.7 Å². The first-order chi connectivity index (χ1) is 10.7. The number of nitrogens with one attached hydrogen (secondary N) is 1. The number of hydrogen-bond acceptors (Lipinski definition) is 4. The maximum atomic E-state index is 12.3. The molecule has 5 nitrogen and oxygen atoms in total. The van der Waals surface area contributed by atoms with E-state index in [4.69, 9.17) is 4.74 Å². The molecule has 0 saturated heterocycles. The summed E-state index contributed by atoms with van der Waals surface area (Å²) in [6.07, 6.45) is 10.3. The third kappa shape index (κ3) is 4.69. The van der Waals surface area contributed by atoms with Crippen LogP contribution in [0.2, 0.25) is 0 Å². The summed E-state index contributed by atoms with van der Waals surface area (Å²) in [5, 5.41) is 2.85. The minimum Gasteiger partial charge on any atom is -0.464 e. The van der Waals surface area contributed by atoms with Crippen LogP contribution in [0, 0.1) is 5.92 Å². The lowest BCUT2D eigenvalue weighted by atomic mass is 9.93. The summed E-state index contributed by atoms with van der Waals surface area (Å²) < 4.78 is 5.08. The summed E-state index contributed by atoms with van der Waals surface area (Å²) in [5.74, 6) is -0.519. The molecule has 1 aliphatic carbocycles. The van der Waals surface area contributed by atoms with Gasteiger partial charge in [0.1, 0.15) is 6.04 Å². The first kappa shape index (κ1) is 16.2. The van der Waals surface area contributed by atoms with Crippen molar-refractivity contribution in [2.24, 2.45) is 5.92 Å². The second-order valence-electron chi connectivity index (χ2n) is 5.35. The minimum absolute atomic E-state index is 0.0561. The quantitative estimate of drug-likeness (QED) is 0.645. The Morgan fingerprint density at radius 2 is 2.14 bits per heavy atom. The Morgan fingerprint density at radius 1 is 1.36 bits per heavy atom. The van der Waals surface area contributed by atoms with Crippen molar-refractivity contribution in [3.63, 3.8) is 0 Å². The van der Waals surface area contributed by atoms with Crippen LogP contribution >= 0.6 is 0 Å². The summed E-state index contributed by atoms with van der Waals surface area (Å²) in [7, 11) is 0. The zero-order chi connectivity index (χ0) is 15.8. The fourth-order valence-corrected chi connectivity index (χ4v) is 2.51. The molecule has 0 aliphatic heterocycles. The second-order valence-corrected chi connectivity index (χ2v) is 5.35. The predicted molar refractivity (Wildman–Crippen MR) is 83.0 cm³/mol. The zero-order valence-corrected chi connectivity index (χ0v) is 12.8. The van der Waals surface area contributed by atoms with E-state index in [0.717, 1.165) is 24.8 Å². The lowest BCUT2D eigenvalue weighted by molar-refractivity contribution is -0.147. The summed E-state index contributed by atoms with van der Waals surface area (Å²) in [4.78, 5) is 28.4. The highest BCUT2D eigenvalue weighted by Crippen LogP contribution is 2.18. The van der Waals surface area contributed by atoms with Gasteiger partial charge < -0.3 is 10.1 Å². The maximum Gasteiger partial charge on any atom is 0.328 e. The molecule has 0 radical (unpaired) electrons. The van der Waals surface area contributed by atoms with Crippen molar-refractivity contribution in [2.45, 2.75) is 38.6 Å². The normalized spacial score (nSPS) is 18.5. The van der Waals surface area contributed by atoms with E-state index in [0.29, 0.717) is 13.0 Å². The average molecular weight is 302 g/mol. The van der Waals surface area contributed by atoms with E-state index in [2.05, 4.69) is 16.4 Å². The minimum atomic E-state index is -0.652. The fraction of sp³-hybridized carbons (Fsp3) is 0.471. The molecule has 0 unspecified atom stereocenters. The van der Waals surface area contributed by atoms with Crippen LogP contribution in [-0.2, 0) is 20.7 Å². The van der Waals surface area contributed by atoms with Gasteiger partial charge in [-0.25, -0.2) is 4.79 Å². The number of hydrogen-bond donors (Lipinski definition) is 1. The van der Waals surface area contributed by atoms with Crippen LogP contribution < -0.4 is 5.32 Å². The highest BCUT2D eigenvalue weighted by molar-refractivity contribution is 5.86. The molecule has 0 spiro atoms. The molecule has 0 saturated carbocycles. The molecular weight excluding hydrogens is 280 g/mol. The van der Waals surface area contributed by atoms with Crippen LogP contribution in [0.25, 0.3) is 0 Å². The van der Waals surface area contributed by atoms with Crippen LogP contribution in [0.4, 0.5) is 0 Å². The van der Waals surface area contributed by atoms with Crippen molar-refractivity contribution in [3.05, 3.63) is 42.2 Å². The third-order valence-corrected chi connectivity index (χ3v) is 3.72. The first-order valence-electron chi connectivity index (χ1n) is 7.71. The molecule has 1 aromatic rings. The number of pyridine rings is 1. The van der Waals surface area contributed by atoms with Crippen LogP contribution in [0.3, 0.4) is 0 Å². The standard InChI is InChI=1S/C17H22N2O3/c1-2-22-17(21)15(12-13-8-10-18-11-9-13)19-16(20)14-6-4-3-5-7-14/h3-4,8-11,14-15H,2,5-7,12H2,1H3,(H,19,20)/t14-,15+/m0/s1. The fourth-order valence-electron chi connectivity index (χ4n) is 2.51. The molecule has 118 valence electrons. The number of amides is 1. The monoisotopic (exact) mass is 302 g/mol. The van der Waals surface area contributed by atoms with Crippen LogP contribution in [-0.4, -0.2) is 29.5 Å². The molecule has 2 rings (SSSR count). The number of rotatable bonds is 6. The number of ether oxygens (including phenoxy) is 1. The Morgan fingerprint density at radius 3 is 2.77 bits per heavy atom. The van der Waals surface area contributed by atoms with Crippen molar-refractivity contribution >= 4 is 11.9 Å². The lowest BCUT2D eigenvalue weighted by Gasteiger charge is -2.22. The molecule has 1 N–H and O–H groups in total. The summed E-state index contributed by atoms with van der Waals surface area (Å²) in [5.41, 5.74) is 0.942. The molecule has 0 fully saturated rings. The summed E-state index contributed by atoms with van der Waals surface area (Å²) >= 11 is 0. The second kappa shape index (κ2) is 8.32. The Balaban J connectivity index is 2.02. The van der Waals surface area contributed by atoms with Crippen LogP contribution in [0.5, 0.6) is 0 Å².